The maximum absolute atomic E-state index is 12.7. The van der Waals surface area contributed by atoms with Gasteiger partial charge in [-0.25, -0.2) is 0 Å². The fraction of sp³-hybridized carbons (Fsp3) is 0.750. The molecular weight excluding hydrogens is 296 g/mol. The third-order valence-electron chi connectivity index (χ3n) is 5.07. The predicted molar refractivity (Wildman–Crippen MR) is 90.1 cm³/mol. The van der Waals surface area contributed by atoms with Crippen molar-refractivity contribution in [3.8, 4) is 0 Å². The summed E-state index contributed by atoms with van der Waals surface area (Å²) in [4.78, 5) is 14.7. The molecule has 0 bridgehead atoms. The molecule has 0 saturated heterocycles. The van der Waals surface area contributed by atoms with Crippen molar-refractivity contribution in [3.63, 3.8) is 0 Å². The molecule has 3 N–H and O–H groups in total. The van der Waals surface area contributed by atoms with E-state index in [1.807, 2.05) is 25.0 Å². The number of thioether (sulfide) groups is 1. The Hall–Kier alpha value is -1.01. The minimum Gasteiger partial charge on any atom is -0.341 e. The first kappa shape index (κ1) is 15.9. The van der Waals surface area contributed by atoms with Gasteiger partial charge in [0.15, 0.2) is 0 Å². The van der Waals surface area contributed by atoms with E-state index >= 15 is 0 Å². The number of aromatic nitrogens is 2. The first-order chi connectivity index (χ1) is 10.4. The van der Waals surface area contributed by atoms with Crippen molar-refractivity contribution in [1.82, 2.24) is 15.1 Å². The van der Waals surface area contributed by atoms with Crippen LogP contribution in [0.15, 0.2) is 0 Å². The minimum atomic E-state index is -0.458. The molecule has 2 heterocycles. The molecule has 0 unspecified atom stereocenters. The molecule has 0 aromatic carbocycles. The highest BCUT2D eigenvalue weighted by molar-refractivity contribution is 8.00. The summed E-state index contributed by atoms with van der Waals surface area (Å²) in [6.07, 6.45) is 6.27. The Morgan fingerprint density at radius 3 is 2.73 bits per heavy atom. The number of nitrogens with one attached hydrogen (secondary N) is 1. The van der Waals surface area contributed by atoms with E-state index in [4.69, 9.17) is 5.73 Å². The smallest absolute Gasteiger partial charge is 0.240 e. The Bertz CT molecular complexity index is 564. The first-order valence-electron chi connectivity index (χ1n) is 8.09. The SMILES string of the molecule is CSC(C)(C)[C@H](N)C(=O)N1CCc2[nH]nc(C3CC3)c2CC1. The Morgan fingerprint density at radius 1 is 1.41 bits per heavy atom. The molecular formula is C16H26N4OS. The van der Waals surface area contributed by atoms with Crippen LogP contribution in [0.1, 0.15) is 49.6 Å². The van der Waals surface area contributed by atoms with Crippen LogP contribution < -0.4 is 5.73 Å². The average Bonchev–Trinajstić information content (AvgIpc) is 3.31. The normalized spacial score (nSPS) is 20.5. The highest BCUT2D eigenvalue weighted by atomic mass is 32.2. The fourth-order valence-corrected chi connectivity index (χ4v) is 3.40. The molecule has 1 aliphatic carbocycles. The molecule has 1 atom stereocenters. The molecule has 1 aromatic rings. The molecule has 0 radical (unpaired) electrons. The molecule has 2 aliphatic rings. The topological polar surface area (TPSA) is 75.0 Å². The molecule has 22 heavy (non-hydrogen) atoms. The minimum absolute atomic E-state index is 0.0745. The molecule has 0 spiro atoms. The molecule has 1 aliphatic heterocycles. The van der Waals surface area contributed by atoms with Gasteiger partial charge in [-0.05, 0) is 44.9 Å². The van der Waals surface area contributed by atoms with Crippen molar-refractivity contribution in [1.29, 1.82) is 0 Å². The van der Waals surface area contributed by atoms with E-state index in [1.54, 1.807) is 11.8 Å². The highest BCUT2D eigenvalue weighted by Crippen LogP contribution is 2.41. The van der Waals surface area contributed by atoms with Crippen molar-refractivity contribution in [2.24, 2.45) is 5.73 Å². The van der Waals surface area contributed by atoms with Gasteiger partial charge in [-0.15, -0.1) is 0 Å². The van der Waals surface area contributed by atoms with Crippen LogP contribution in [0.5, 0.6) is 0 Å². The van der Waals surface area contributed by atoms with Gasteiger partial charge in [0.25, 0.3) is 0 Å². The Kier molecular flexibility index (Phi) is 4.25. The lowest BCUT2D eigenvalue weighted by molar-refractivity contribution is -0.133. The maximum Gasteiger partial charge on any atom is 0.240 e. The number of carbonyl (C=O) groups is 1. The van der Waals surface area contributed by atoms with E-state index in [1.165, 1.54) is 29.8 Å². The van der Waals surface area contributed by atoms with E-state index < -0.39 is 6.04 Å². The van der Waals surface area contributed by atoms with Crippen LogP contribution in [0.25, 0.3) is 0 Å². The van der Waals surface area contributed by atoms with Gasteiger partial charge in [0, 0.05) is 35.9 Å². The molecule has 1 saturated carbocycles. The summed E-state index contributed by atoms with van der Waals surface area (Å²) < 4.78 is -0.238. The zero-order valence-corrected chi connectivity index (χ0v) is 14.5. The van der Waals surface area contributed by atoms with Gasteiger partial charge in [0.05, 0.1) is 11.7 Å². The number of hydrogen-bond donors (Lipinski definition) is 2. The quantitative estimate of drug-likeness (QED) is 0.884. The van der Waals surface area contributed by atoms with Gasteiger partial charge in [0.1, 0.15) is 0 Å². The number of nitrogens with zero attached hydrogens (tertiary/aromatic N) is 2. The number of hydrogen-bond acceptors (Lipinski definition) is 4. The van der Waals surface area contributed by atoms with Gasteiger partial charge in [-0.1, -0.05) is 0 Å². The summed E-state index contributed by atoms with van der Waals surface area (Å²) in [7, 11) is 0. The number of fused-ring (bicyclic) bond motifs is 1. The second kappa shape index (κ2) is 5.89. The zero-order chi connectivity index (χ0) is 15.9. The highest BCUT2D eigenvalue weighted by Gasteiger charge is 2.36. The molecule has 1 fully saturated rings. The first-order valence-corrected chi connectivity index (χ1v) is 9.32. The number of rotatable bonds is 4. The molecule has 5 nitrogen and oxygen atoms in total. The summed E-state index contributed by atoms with van der Waals surface area (Å²) in [5.74, 6) is 0.727. The van der Waals surface area contributed by atoms with Crippen LogP contribution >= 0.6 is 11.8 Å². The van der Waals surface area contributed by atoms with Crippen molar-refractivity contribution < 1.29 is 4.79 Å². The number of carbonyl (C=O) groups excluding carboxylic acids is 1. The number of nitrogens with two attached hydrogens (primary N) is 1. The lowest BCUT2D eigenvalue weighted by atomic mass is 10.0. The summed E-state index contributed by atoms with van der Waals surface area (Å²) in [6, 6.07) is -0.458. The maximum atomic E-state index is 12.7. The molecule has 122 valence electrons. The predicted octanol–water partition coefficient (Wildman–Crippen LogP) is 1.68. The zero-order valence-electron chi connectivity index (χ0n) is 13.7. The number of aromatic amines is 1. The van der Waals surface area contributed by atoms with Gasteiger partial charge >= 0.3 is 0 Å². The van der Waals surface area contributed by atoms with Gasteiger partial charge in [-0.2, -0.15) is 16.9 Å². The standard InChI is InChI=1S/C16H26N4OS/c1-16(2,22-3)14(17)15(21)20-8-6-11-12(7-9-20)18-19-13(11)10-4-5-10/h10,14H,4-9,17H2,1-3H3,(H,18,19)/t14-/m1/s1. The van der Waals surface area contributed by atoms with Crippen LogP contribution in [0.4, 0.5) is 0 Å². The van der Waals surface area contributed by atoms with E-state index in [2.05, 4.69) is 10.2 Å². The number of H-pyrrole nitrogens is 1. The van der Waals surface area contributed by atoms with Crippen LogP contribution in [0.3, 0.4) is 0 Å². The fourth-order valence-electron chi connectivity index (χ4n) is 3.04. The Morgan fingerprint density at radius 2 is 2.09 bits per heavy atom. The van der Waals surface area contributed by atoms with Crippen LogP contribution in [0.2, 0.25) is 0 Å². The molecule has 1 amide bonds. The van der Waals surface area contributed by atoms with Crippen molar-refractivity contribution in [2.45, 2.75) is 56.2 Å². The van der Waals surface area contributed by atoms with E-state index in [0.29, 0.717) is 5.92 Å². The van der Waals surface area contributed by atoms with Gasteiger partial charge in [0.2, 0.25) is 5.91 Å². The van der Waals surface area contributed by atoms with E-state index in [-0.39, 0.29) is 10.7 Å². The Labute approximate surface area is 136 Å². The second-order valence-corrected chi connectivity index (χ2v) is 8.41. The van der Waals surface area contributed by atoms with E-state index in [9.17, 15) is 4.79 Å². The molecule has 3 rings (SSSR count). The lowest BCUT2D eigenvalue weighted by Crippen LogP contribution is -2.53. The largest absolute Gasteiger partial charge is 0.341 e. The summed E-state index contributed by atoms with van der Waals surface area (Å²) in [6.45, 7) is 5.56. The monoisotopic (exact) mass is 322 g/mol. The molecule has 1 aromatic heterocycles. The van der Waals surface area contributed by atoms with Crippen molar-refractivity contribution in [3.05, 3.63) is 17.0 Å². The van der Waals surface area contributed by atoms with Gasteiger partial charge < -0.3 is 10.6 Å². The summed E-state index contributed by atoms with van der Waals surface area (Å²) in [5.41, 5.74) is 10.0. The third-order valence-corrected chi connectivity index (χ3v) is 6.37. The van der Waals surface area contributed by atoms with Crippen LogP contribution in [-0.2, 0) is 17.6 Å². The van der Waals surface area contributed by atoms with Crippen LogP contribution in [-0.4, -0.2) is 51.1 Å². The van der Waals surface area contributed by atoms with Crippen molar-refractivity contribution >= 4 is 17.7 Å². The van der Waals surface area contributed by atoms with Crippen LogP contribution in [0, 0.1) is 0 Å². The number of amides is 1. The summed E-state index contributed by atoms with van der Waals surface area (Å²) in [5, 5.41) is 7.70. The molecule has 6 heteroatoms. The van der Waals surface area contributed by atoms with Crippen molar-refractivity contribution in [2.75, 3.05) is 19.3 Å². The van der Waals surface area contributed by atoms with E-state index in [0.717, 1.165) is 25.9 Å². The summed E-state index contributed by atoms with van der Waals surface area (Å²) >= 11 is 1.65. The third kappa shape index (κ3) is 2.91. The van der Waals surface area contributed by atoms with Gasteiger partial charge in [-0.3, -0.25) is 9.89 Å². The average molecular weight is 322 g/mol. The lowest BCUT2D eigenvalue weighted by Gasteiger charge is -2.33. The second-order valence-electron chi connectivity index (χ2n) is 6.95. The Balaban J connectivity index is 1.70.